The minimum absolute atomic E-state index is 0.127. The normalized spacial score (nSPS) is 10.7. The Balaban J connectivity index is 2.47. The molecule has 0 aliphatic heterocycles. The average Bonchev–Trinajstić information content (AvgIpc) is 2.47. The van der Waals surface area contributed by atoms with Crippen molar-refractivity contribution >= 4 is 32.4 Å². The molecule has 0 atom stereocenters. The van der Waals surface area contributed by atoms with Crippen molar-refractivity contribution in [3.05, 3.63) is 75.3 Å². The number of nitro benzene ring substituents is 1. The van der Waals surface area contributed by atoms with Gasteiger partial charge in [0.15, 0.2) is 0 Å². The van der Waals surface area contributed by atoms with Gasteiger partial charge in [0.25, 0.3) is 5.69 Å². The predicted octanol–water partition coefficient (Wildman–Crippen LogP) is 5.18. The van der Waals surface area contributed by atoms with Crippen molar-refractivity contribution in [1.29, 1.82) is 0 Å². The highest BCUT2D eigenvalue weighted by atomic mass is 79.9. The first-order valence-electron chi connectivity index (χ1n) is 6.09. The van der Waals surface area contributed by atoms with Gasteiger partial charge in [-0.05, 0) is 17.0 Å². The molecular weight excluding hydrogens is 318 g/mol. The molecule has 0 bridgehead atoms. The summed E-state index contributed by atoms with van der Waals surface area (Å²) >= 11 is 3.51. The van der Waals surface area contributed by atoms with Gasteiger partial charge in [0.2, 0.25) is 0 Å². The van der Waals surface area contributed by atoms with Crippen LogP contribution in [-0.4, -0.2) is 4.92 Å². The van der Waals surface area contributed by atoms with E-state index in [1.165, 1.54) is 0 Å². The number of rotatable bonds is 2. The third-order valence-corrected chi connectivity index (χ3v) is 3.89. The van der Waals surface area contributed by atoms with Crippen LogP contribution in [-0.2, 0) is 0 Å². The summed E-state index contributed by atoms with van der Waals surface area (Å²) in [5.74, 6) is 0. The summed E-state index contributed by atoms with van der Waals surface area (Å²) in [6, 6.07) is 18.6. The minimum atomic E-state index is -0.332. The van der Waals surface area contributed by atoms with Crippen molar-refractivity contribution in [2.45, 2.75) is 0 Å². The molecule has 0 aromatic heterocycles. The summed E-state index contributed by atoms with van der Waals surface area (Å²) in [6.07, 6.45) is 0. The van der Waals surface area contributed by atoms with E-state index in [0.717, 1.165) is 21.0 Å². The van der Waals surface area contributed by atoms with Gasteiger partial charge in [0.05, 0.1) is 10.3 Å². The smallest absolute Gasteiger partial charge is 0.258 e. The van der Waals surface area contributed by atoms with Gasteiger partial charge in [0, 0.05) is 16.1 Å². The number of halogens is 1. The Morgan fingerprint density at radius 2 is 1.65 bits per heavy atom. The molecule has 0 aliphatic carbocycles. The van der Waals surface area contributed by atoms with Crippen LogP contribution in [0.2, 0.25) is 0 Å². The molecule has 98 valence electrons. The van der Waals surface area contributed by atoms with Gasteiger partial charge in [0.1, 0.15) is 0 Å². The summed E-state index contributed by atoms with van der Waals surface area (Å²) in [5.41, 5.74) is 1.94. The Kier molecular flexibility index (Phi) is 3.24. The highest BCUT2D eigenvalue weighted by Gasteiger charge is 2.18. The Morgan fingerprint density at radius 1 is 0.900 bits per heavy atom. The topological polar surface area (TPSA) is 43.1 Å². The lowest BCUT2D eigenvalue weighted by atomic mass is 9.97. The van der Waals surface area contributed by atoms with E-state index in [9.17, 15) is 10.1 Å². The molecule has 20 heavy (non-hydrogen) atoms. The molecule has 3 aromatic rings. The van der Waals surface area contributed by atoms with E-state index < -0.39 is 0 Å². The molecule has 0 N–H and O–H groups in total. The number of hydrogen-bond acceptors (Lipinski definition) is 2. The maximum atomic E-state index is 11.3. The monoisotopic (exact) mass is 327 g/mol. The summed E-state index contributed by atoms with van der Waals surface area (Å²) in [7, 11) is 0. The standard InChI is InChI=1S/C16H10BrNO2/c17-13-10-9-12-7-4-8-14(18(19)20)16(12)15(13)11-5-2-1-3-6-11/h1-10H. The SMILES string of the molecule is O=[N+]([O-])c1cccc2ccc(Br)c(-c3ccccc3)c12. The Morgan fingerprint density at radius 3 is 2.35 bits per heavy atom. The first-order chi connectivity index (χ1) is 9.68. The predicted molar refractivity (Wildman–Crippen MR) is 83.7 cm³/mol. The lowest BCUT2D eigenvalue weighted by Gasteiger charge is -2.10. The molecule has 0 aliphatic rings. The lowest BCUT2D eigenvalue weighted by Crippen LogP contribution is -1.92. The molecule has 4 heteroatoms. The molecule has 0 saturated heterocycles. The molecule has 0 unspecified atom stereocenters. The fourth-order valence-electron chi connectivity index (χ4n) is 2.37. The van der Waals surface area contributed by atoms with Crippen LogP contribution >= 0.6 is 15.9 Å². The van der Waals surface area contributed by atoms with Crippen LogP contribution in [0, 0.1) is 10.1 Å². The summed E-state index contributed by atoms with van der Waals surface area (Å²) < 4.78 is 0.852. The highest BCUT2D eigenvalue weighted by Crippen LogP contribution is 2.39. The lowest BCUT2D eigenvalue weighted by molar-refractivity contribution is -0.383. The molecule has 0 saturated carbocycles. The Labute approximate surface area is 124 Å². The maximum Gasteiger partial charge on any atom is 0.277 e. The van der Waals surface area contributed by atoms with Crippen LogP contribution in [0.3, 0.4) is 0 Å². The van der Waals surface area contributed by atoms with Crippen LogP contribution in [0.15, 0.2) is 65.1 Å². The second-order valence-electron chi connectivity index (χ2n) is 4.42. The largest absolute Gasteiger partial charge is 0.277 e. The molecule has 3 aromatic carbocycles. The van der Waals surface area contributed by atoms with E-state index in [4.69, 9.17) is 0 Å². The number of benzene rings is 3. The first-order valence-corrected chi connectivity index (χ1v) is 6.89. The zero-order valence-electron chi connectivity index (χ0n) is 10.4. The van der Waals surface area contributed by atoms with Crippen LogP contribution in [0.5, 0.6) is 0 Å². The van der Waals surface area contributed by atoms with Crippen LogP contribution < -0.4 is 0 Å². The number of fused-ring (bicyclic) bond motifs is 1. The van der Waals surface area contributed by atoms with Crippen molar-refractivity contribution < 1.29 is 4.92 Å². The summed E-state index contributed by atoms with van der Waals surface area (Å²) in [6.45, 7) is 0. The minimum Gasteiger partial charge on any atom is -0.258 e. The maximum absolute atomic E-state index is 11.3. The van der Waals surface area contributed by atoms with Crippen LogP contribution in [0.1, 0.15) is 0 Å². The third-order valence-electron chi connectivity index (χ3n) is 3.23. The molecule has 0 amide bonds. The quantitative estimate of drug-likeness (QED) is 0.481. The van der Waals surface area contributed by atoms with E-state index in [0.29, 0.717) is 5.39 Å². The highest BCUT2D eigenvalue weighted by molar-refractivity contribution is 9.10. The number of non-ortho nitro benzene ring substituents is 1. The van der Waals surface area contributed by atoms with Crippen LogP contribution in [0.25, 0.3) is 21.9 Å². The first kappa shape index (κ1) is 12.8. The Bertz CT molecular complexity index is 800. The summed E-state index contributed by atoms with van der Waals surface area (Å²) in [4.78, 5) is 11.0. The van der Waals surface area contributed by atoms with Crippen molar-refractivity contribution in [2.75, 3.05) is 0 Å². The fraction of sp³-hybridized carbons (Fsp3) is 0. The third kappa shape index (κ3) is 2.08. The molecule has 3 nitrogen and oxygen atoms in total. The van der Waals surface area contributed by atoms with Crippen molar-refractivity contribution in [3.8, 4) is 11.1 Å². The van der Waals surface area contributed by atoms with E-state index >= 15 is 0 Å². The van der Waals surface area contributed by atoms with Gasteiger partial charge in [-0.25, -0.2) is 0 Å². The fourth-order valence-corrected chi connectivity index (χ4v) is 2.93. The van der Waals surface area contributed by atoms with Gasteiger partial charge in [-0.1, -0.05) is 64.5 Å². The van der Waals surface area contributed by atoms with E-state index in [1.54, 1.807) is 12.1 Å². The van der Waals surface area contributed by atoms with Crippen molar-refractivity contribution in [2.24, 2.45) is 0 Å². The van der Waals surface area contributed by atoms with Gasteiger partial charge in [-0.3, -0.25) is 10.1 Å². The van der Waals surface area contributed by atoms with Crippen LogP contribution in [0.4, 0.5) is 5.69 Å². The number of nitro groups is 1. The second kappa shape index (κ2) is 5.06. The zero-order chi connectivity index (χ0) is 14.1. The van der Waals surface area contributed by atoms with E-state index in [2.05, 4.69) is 15.9 Å². The number of hydrogen-bond donors (Lipinski definition) is 0. The van der Waals surface area contributed by atoms with E-state index in [-0.39, 0.29) is 10.6 Å². The number of nitrogens with zero attached hydrogens (tertiary/aromatic N) is 1. The Hall–Kier alpha value is -2.20. The van der Waals surface area contributed by atoms with Gasteiger partial charge in [-0.15, -0.1) is 0 Å². The summed E-state index contributed by atoms with van der Waals surface area (Å²) in [5, 5.41) is 12.8. The molecule has 0 heterocycles. The molecule has 0 spiro atoms. The zero-order valence-corrected chi connectivity index (χ0v) is 12.0. The molecule has 0 fully saturated rings. The second-order valence-corrected chi connectivity index (χ2v) is 5.28. The van der Waals surface area contributed by atoms with Gasteiger partial charge >= 0.3 is 0 Å². The van der Waals surface area contributed by atoms with E-state index in [1.807, 2.05) is 48.5 Å². The van der Waals surface area contributed by atoms with Gasteiger partial charge in [-0.2, -0.15) is 0 Å². The average molecular weight is 328 g/mol. The molecule has 3 rings (SSSR count). The molecular formula is C16H10BrNO2. The van der Waals surface area contributed by atoms with Gasteiger partial charge < -0.3 is 0 Å². The van der Waals surface area contributed by atoms with Crippen molar-refractivity contribution in [3.63, 3.8) is 0 Å². The van der Waals surface area contributed by atoms with Crippen molar-refractivity contribution in [1.82, 2.24) is 0 Å². The molecule has 0 radical (unpaired) electrons.